The van der Waals surface area contributed by atoms with E-state index in [1.807, 2.05) is 0 Å². The van der Waals surface area contributed by atoms with Crippen LogP contribution in [0.15, 0.2) is 18.2 Å². The van der Waals surface area contributed by atoms with Gasteiger partial charge in [0.15, 0.2) is 5.78 Å². The lowest BCUT2D eigenvalue weighted by Gasteiger charge is -2.13. The molecule has 0 spiro atoms. The number of benzene rings is 1. The molecule has 0 aliphatic rings. The van der Waals surface area contributed by atoms with Crippen LogP contribution in [0.2, 0.25) is 0 Å². The molecule has 5 heteroatoms. The van der Waals surface area contributed by atoms with Crippen molar-refractivity contribution in [3.63, 3.8) is 0 Å². The molecule has 1 aromatic carbocycles. The second-order valence-electron chi connectivity index (χ2n) is 4.07. The van der Waals surface area contributed by atoms with E-state index in [1.54, 1.807) is 26.0 Å². The zero-order valence-corrected chi connectivity index (χ0v) is 11.9. The van der Waals surface area contributed by atoms with E-state index >= 15 is 0 Å². The lowest BCUT2D eigenvalue weighted by Crippen LogP contribution is -2.25. The Balaban J connectivity index is 3.13. The Labute approximate surface area is 117 Å². The number of halogens is 1. The van der Waals surface area contributed by atoms with Gasteiger partial charge in [-0.1, -0.05) is 6.92 Å². The fourth-order valence-corrected chi connectivity index (χ4v) is 1.70. The maximum atomic E-state index is 13.8. The SMILES string of the molecule is CCOc1ccc(OCC)c(C(=O)C(F)C(=O)CC)c1. The highest BCUT2D eigenvalue weighted by molar-refractivity contribution is 6.14. The molecule has 0 fully saturated rings. The quantitative estimate of drug-likeness (QED) is 0.543. The van der Waals surface area contributed by atoms with Crippen molar-refractivity contribution < 1.29 is 23.5 Å². The zero-order chi connectivity index (χ0) is 15.1. The van der Waals surface area contributed by atoms with Crippen molar-refractivity contribution in [2.75, 3.05) is 13.2 Å². The summed E-state index contributed by atoms with van der Waals surface area (Å²) in [6.07, 6.45) is -2.18. The van der Waals surface area contributed by atoms with Gasteiger partial charge in [0.05, 0.1) is 18.8 Å². The number of Topliss-reactive ketones (excluding diaryl/α,β-unsaturated/α-hetero) is 2. The predicted octanol–water partition coefficient (Wildman–Crippen LogP) is 2.98. The zero-order valence-electron chi connectivity index (χ0n) is 11.9. The van der Waals surface area contributed by atoms with E-state index in [0.717, 1.165) is 0 Å². The number of alkyl halides is 1. The summed E-state index contributed by atoms with van der Waals surface area (Å²) >= 11 is 0. The van der Waals surface area contributed by atoms with Crippen molar-refractivity contribution in [3.05, 3.63) is 23.8 Å². The molecule has 1 rings (SSSR count). The molecule has 1 atom stereocenters. The molecular formula is C15H19FO4. The average Bonchev–Trinajstić information content (AvgIpc) is 2.47. The molecule has 20 heavy (non-hydrogen) atoms. The van der Waals surface area contributed by atoms with Gasteiger partial charge in [0.25, 0.3) is 0 Å². The summed E-state index contributed by atoms with van der Waals surface area (Å²) in [6.45, 7) is 5.84. The van der Waals surface area contributed by atoms with Crippen LogP contribution >= 0.6 is 0 Å². The van der Waals surface area contributed by atoms with Crippen molar-refractivity contribution in [2.45, 2.75) is 33.4 Å². The van der Waals surface area contributed by atoms with Crippen LogP contribution in [-0.4, -0.2) is 31.0 Å². The third kappa shape index (κ3) is 3.79. The van der Waals surface area contributed by atoms with E-state index in [9.17, 15) is 14.0 Å². The lowest BCUT2D eigenvalue weighted by atomic mass is 10.0. The summed E-state index contributed by atoms with van der Waals surface area (Å²) < 4.78 is 24.4. The largest absolute Gasteiger partial charge is 0.494 e. The summed E-state index contributed by atoms with van der Waals surface area (Å²) in [5.74, 6) is -0.927. The minimum Gasteiger partial charge on any atom is -0.494 e. The van der Waals surface area contributed by atoms with Gasteiger partial charge < -0.3 is 9.47 Å². The maximum Gasteiger partial charge on any atom is 0.220 e. The van der Waals surface area contributed by atoms with Crippen molar-refractivity contribution in [1.29, 1.82) is 0 Å². The lowest BCUT2D eigenvalue weighted by molar-refractivity contribution is -0.121. The van der Waals surface area contributed by atoms with Crippen molar-refractivity contribution in [2.24, 2.45) is 0 Å². The van der Waals surface area contributed by atoms with Crippen LogP contribution in [0.1, 0.15) is 37.6 Å². The molecule has 0 saturated carbocycles. The van der Waals surface area contributed by atoms with Crippen LogP contribution in [0, 0.1) is 0 Å². The molecule has 0 aliphatic heterocycles. The van der Waals surface area contributed by atoms with E-state index in [2.05, 4.69) is 0 Å². The van der Waals surface area contributed by atoms with Gasteiger partial charge in [0.1, 0.15) is 11.5 Å². The van der Waals surface area contributed by atoms with E-state index in [4.69, 9.17) is 9.47 Å². The molecule has 110 valence electrons. The predicted molar refractivity (Wildman–Crippen MR) is 73.3 cm³/mol. The summed E-state index contributed by atoms with van der Waals surface area (Å²) in [5, 5.41) is 0. The molecule has 0 aliphatic carbocycles. The molecule has 4 nitrogen and oxygen atoms in total. The molecule has 0 N–H and O–H groups in total. The molecule has 0 saturated heterocycles. The third-order valence-electron chi connectivity index (χ3n) is 2.69. The Morgan fingerprint density at radius 3 is 2.35 bits per heavy atom. The Morgan fingerprint density at radius 1 is 1.15 bits per heavy atom. The van der Waals surface area contributed by atoms with Crippen LogP contribution in [0.3, 0.4) is 0 Å². The third-order valence-corrected chi connectivity index (χ3v) is 2.69. The van der Waals surface area contributed by atoms with E-state index in [0.29, 0.717) is 19.0 Å². The van der Waals surface area contributed by atoms with Gasteiger partial charge >= 0.3 is 0 Å². The highest BCUT2D eigenvalue weighted by Crippen LogP contribution is 2.26. The molecule has 0 bridgehead atoms. The summed E-state index contributed by atoms with van der Waals surface area (Å²) in [4.78, 5) is 23.4. The molecule has 1 unspecified atom stereocenters. The van der Waals surface area contributed by atoms with Crippen molar-refractivity contribution in [3.8, 4) is 11.5 Å². The van der Waals surface area contributed by atoms with Crippen LogP contribution in [-0.2, 0) is 4.79 Å². The smallest absolute Gasteiger partial charge is 0.220 e. The molecule has 0 aromatic heterocycles. The fraction of sp³-hybridized carbons (Fsp3) is 0.467. The van der Waals surface area contributed by atoms with Gasteiger partial charge in [-0.15, -0.1) is 0 Å². The van der Waals surface area contributed by atoms with E-state index in [1.165, 1.54) is 13.0 Å². The monoisotopic (exact) mass is 282 g/mol. The average molecular weight is 282 g/mol. The Kier molecular flexibility index (Phi) is 6.15. The highest BCUT2D eigenvalue weighted by Gasteiger charge is 2.28. The number of carbonyl (C=O) groups is 2. The first-order valence-corrected chi connectivity index (χ1v) is 6.65. The first-order valence-electron chi connectivity index (χ1n) is 6.65. The summed E-state index contributed by atoms with van der Waals surface area (Å²) in [5.41, 5.74) is 0.0344. The highest BCUT2D eigenvalue weighted by atomic mass is 19.1. The normalized spacial score (nSPS) is 11.8. The standard InChI is InChI=1S/C15H19FO4/c1-4-12(17)14(16)15(18)11-9-10(19-5-2)7-8-13(11)20-6-3/h7-9,14H,4-6H2,1-3H3. The Morgan fingerprint density at radius 2 is 1.80 bits per heavy atom. The van der Waals surface area contributed by atoms with E-state index < -0.39 is 17.7 Å². The van der Waals surface area contributed by atoms with Gasteiger partial charge in [-0.05, 0) is 32.0 Å². The van der Waals surface area contributed by atoms with Gasteiger partial charge in [-0.2, -0.15) is 0 Å². The fourth-order valence-electron chi connectivity index (χ4n) is 1.70. The van der Waals surface area contributed by atoms with Crippen LogP contribution < -0.4 is 9.47 Å². The number of hydrogen-bond donors (Lipinski definition) is 0. The topological polar surface area (TPSA) is 52.6 Å². The van der Waals surface area contributed by atoms with Crippen LogP contribution in [0.5, 0.6) is 11.5 Å². The molecule has 0 radical (unpaired) electrons. The van der Waals surface area contributed by atoms with Crippen molar-refractivity contribution in [1.82, 2.24) is 0 Å². The summed E-state index contributed by atoms with van der Waals surface area (Å²) in [7, 11) is 0. The molecule has 1 aromatic rings. The minimum atomic E-state index is -2.16. The number of ether oxygens (including phenoxy) is 2. The van der Waals surface area contributed by atoms with Gasteiger partial charge in [-0.25, -0.2) is 4.39 Å². The van der Waals surface area contributed by atoms with Crippen molar-refractivity contribution >= 4 is 11.6 Å². The van der Waals surface area contributed by atoms with E-state index in [-0.39, 0.29) is 17.7 Å². The second kappa shape index (κ2) is 7.62. The Hall–Kier alpha value is -1.91. The van der Waals surface area contributed by atoms with Crippen LogP contribution in [0.25, 0.3) is 0 Å². The Bertz CT molecular complexity index is 485. The molecule has 0 amide bonds. The number of rotatable bonds is 8. The molecule has 0 heterocycles. The first kappa shape index (κ1) is 16.1. The second-order valence-corrected chi connectivity index (χ2v) is 4.07. The van der Waals surface area contributed by atoms with Gasteiger partial charge in [-0.3, -0.25) is 9.59 Å². The van der Waals surface area contributed by atoms with Gasteiger partial charge in [0, 0.05) is 6.42 Å². The number of carbonyl (C=O) groups excluding carboxylic acids is 2. The number of hydrogen-bond acceptors (Lipinski definition) is 4. The molecular weight excluding hydrogens is 263 g/mol. The maximum absolute atomic E-state index is 13.8. The number of ketones is 2. The minimum absolute atomic E-state index is 0.0258. The van der Waals surface area contributed by atoms with Gasteiger partial charge in [0.2, 0.25) is 12.0 Å². The first-order chi connectivity index (χ1) is 9.54. The van der Waals surface area contributed by atoms with Crippen LogP contribution in [0.4, 0.5) is 4.39 Å². The summed E-state index contributed by atoms with van der Waals surface area (Å²) in [6, 6.07) is 4.59.